The van der Waals surface area contributed by atoms with E-state index in [0.717, 1.165) is 22.4 Å². The maximum absolute atomic E-state index is 12.9. The van der Waals surface area contributed by atoms with Crippen molar-refractivity contribution in [1.82, 2.24) is 5.32 Å². The number of amides is 1. The summed E-state index contributed by atoms with van der Waals surface area (Å²) in [6.45, 7) is 0. The number of carbonyl (C=O) groups excluding carboxylic acids is 1. The SMILES string of the molecule is CN1c2ccc(S(C)(=O)=O)cc2SC1NC(=O)/C=C/c1ccc(F)cc1. The molecule has 5 nitrogen and oxygen atoms in total. The number of fused-ring (bicyclic) bond motifs is 1. The maximum atomic E-state index is 12.9. The number of nitrogens with zero attached hydrogens (tertiary/aromatic N) is 1. The molecule has 26 heavy (non-hydrogen) atoms. The first-order valence-corrected chi connectivity index (χ1v) is 10.5. The van der Waals surface area contributed by atoms with Crippen LogP contribution in [0.2, 0.25) is 0 Å². The van der Waals surface area contributed by atoms with Gasteiger partial charge in [-0.3, -0.25) is 4.79 Å². The first kappa shape index (κ1) is 18.5. The Bertz CT molecular complexity index is 972. The molecule has 1 unspecified atom stereocenters. The Kier molecular flexibility index (Phi) is 5.06. The highest BCUT2D eigenvalue weighted by molar-refractivity contribution is 8.00. The largest absolute Gasteiger partial charge is 0.345 e. The number of sulfone groups is 1. The van der Waals surface area contributed by atoms with E-state index in [1.54, 1.807) is 36.4 Å². The predicted molar refractivity (Wildman–Crippen MR) is 101 cm³/mol. The van der Waals surface area contributed by atoms with Crippen LogP contribution in [0.3, 0.4) is 0 Å². The van der Waals surface area contributed by atoms with Gasteiger partial charge in [0, 0.05) is 24.3 Å². The Morgan fingerprint density at radius 3 is 2.58 bits per heavy atom. The van der Waals surface area contributed by atoms with Crippen molar-refractivity contribution in [2.75, 3.05) is 18.2 Å². The van der Waals surface area contributed by atoms with E-state index in [1.165, 1.54) is 30.0 Å². The van der Waals surface area contributed by atoms with Crippen LogP contribution in [0.1, 0.15) is 5.56 Å². The van der Waals surface area contributed by atoms with E-state index in [2.05, 4.69) is 5.32 Å². The summed E-state index contributed by atoms with van der Waals surface area (Å²) < 4.78 is 36.3. The fourth-order valence-electron chi connectivity index (χ4n) is 2.48. The number of thioether (sulfide) groups is 1. The van der Waals surface area contributed by atoms with E-state index in [1.807, 2.05) is 11.9 Å². The molecule has 8 heteroatoms. The van der Waals surface area contributed by atoms with E-state index in [9.17, 15) is 17.6 Å². The number of rotatable bonds is 4. The van der Waals surface area contributed by atoms with Crippen LogP contribution in [0.4, 0.5) is 10.1 Å². The van der Waals surface area contributed by atoms with Crippen molar-refractivity contribution in [2.45, 2.75) is 15.3 Å². The first-order chi connectivity index (χ1) is 12.2. The molecule has 1 aliphatic rings. The maximum Gasteiger partial charge on any atom is 0.246 e. The summed E-state index contributed by atoms with van der Waals surface area (Å²) in [6, 6.07) is 10.7. The number of hydrogen-bond donors (Lipinski definition) is 1. The fraction of sp³-hybridized carbons (Fsp3) is 0.167. The molecular formula is C18H17FN2O3S2. The molecule has 0 saturated carbocycles. The lowest BCUT2D eigenvalue weighted by Crippen LogP contribution is -2.41. The summed E-state index contributed by atoms with van der Waals surface area (Å²) in [5, 5.41) is 2.86. The van der Waals surface area contributed by atoms with E-state index in [-0.39, 0.29) is 22.1 Å². The van der Waals surface area contributed by atoms with Gasteiger partial charge in [0.15, 0.2) is 15.3 Å². The van der Waals surface area contributed by atoms with E-state index in [0.29, 0.717) is 0 Å². The lowest BCUT2D eigenvalue weighted by atomic mass is 10.2. The van der Waals surface area contributed by atoms with Gasteiger partial charge in [-0.2, -0.15) is 0 Å². The minimum Gasteiger partial charge on any atom is -0.345 e. The van der Waals surface area contributed by atoms with Crippen molar-refractivity contribution in [1.29, 1.82) is 0 Å². The monoisotopic (exact) mass is 392 g/mol. The number of hydrogen-bond acceptors (Lipinski definition) is 5. The Hall–Kier alpha value is -2.32. The minimum atomic E-state index is -3.28. The second-order valence-corrected chi connectivity index (χ2v) is 9.01. The first-order valence-electron chi connectivity index (χ1n) is 7.72. The molecule has 0 saturated heterocycles. The van der Waals surface area contributed by atoms with Gasteiger partial charge in [0.25, 0.3) is 0 Å². The van der Waals surface area contributed by atoms with Gasteiger partial charge in [0.05, 0.1) is 10.6 Å². The minimum absolute atomic E-state index is 0.250. The third-order valence-electron chi connectivity index (χ3n) is 3.89. The number of carbonyl (C=O) groups is 1. The molecule has 3 rings (SSSR count). The van der Waals surface area contributed by atoms with Gasteiger partial charge < -0.3 is 10.2 Å². The van der Waals surface area contributed by atoms with E-state index in [4.69, 9.17) is 0 Å². The molecule has 2 aromatic carbocycles. The molecule has 2 aromatic rings. The molecule has 0 aromatic heterocycles. The second kappa shape index (κ2) is 7.13. The van der Waals surface area contributed by atoms with Crippen LogP contribution in [0.15, 0.2) is 58.3 Å². The zero-order valence-electron chi connectivity index (χ0n) is 14.1. The Balaban J connectivity index is 1.69. The van der Waals surface area contributed by atoms with E-state index >= 15 is 0 Å². The zero-order valence-corrected chi connectivity index (χ0v) is 15.8. The molecule has 136 valence electrons. The van der Waals surface area contributed by atoms with Crippen LogP contribution in [0.5, 0.6) is 0 Å². The topological polar surface area (TPSA) is 66.5 Å². The van der Waals surface area contributed by atoms with E-state index < -0.39 is 9.84 Å². The summed E-state index contributed by atoms with van der Waals surface area (Å²) in [5.74, 6) is -0.628. The molecule has 1 atom stereocenters. The van der Waals surface area contributed by atoms with Crippen molar-refractivity contribution in [2.24, 2.45) is 0 Å². The van der Waals surface area contributed by atoms with Crippen LogP contribution in [-0.4, -0.2) is 33.1 Å². The van der Waals surface area contributed by atoms with Gasteiger partial charge in [0.1, 0.15) is 5.82 Å². The fourth-order valence-corrected chi connectivity index (χ4v) is 4.42. The summed E-state index contributed by atoms with van der Waals surface area (Å²) in [6.07, 6.45) is 4.15. The smallest absolute Gasteiger partial charge is 0.246 e. The Morgan fingerprint density at radius 1 is 1.23 bits per heavy atom. The number of anilines is 1. The normalized spacial score (nSPS) is 16.7. The summed E-state index contributed by atoms with van der Waals surface area (Å²) in [4.78, 5) is 15.1. The molecular weight excluding hydrogens is 375 g/mol. The van der Waals surface area contributed by atoms with Gasteiger partial charge in [-0.15, -0.1) is 0 Å². The molecule has 0 radical (unpaired) electrons. The third-order valence-corrected chi connectivity index (χ3v) is 6.24. The lowest BCUT2D eigenvalue weighted by molar-refractivity contribution is -0.116. The molecule has 1 heterocycles. The van der Waals surface area contributed by atoms with Gasteiger partial charge in [-0.05, 0) is 42.0 Å². The highest BCUT2D eigenvalue weighted by Gasteiger charge is 2.29. The van der Waals surface area contributed by atoms with Crippen LogP contribution >= 0.6 is 11.8 Å². The average Bonchev–Trinajstić information content (AvgIpc) is 2.89. The third kappa shape index (κ3) is 4.08. The van der Waals surface area contributed by atoms with Crippen LogP contribution in [0, 0.1) is 5.82 Å². The summed E-state index contributed by atoms with van der Waals surface area (Å²) in [7, 11) is -1.45. The standard InChI is InChI=1S/C18H17FN2O3S2/c1-21-15-9-8-14(26(2,23)24)11-16(15)25-18(21)20-17(22)10-5-12-3-6-13(19)7-4-12/h3-11,18H,1-2H3,(H,20,22)/b10-5+. The zero-order chi connectivity index (χ0) is 18.9. The predicted octanol–water partition coefficient (Wildman–Crippen LogP) is 2.88. The Labute approximate surface area is 155 Å². The summed E-state index contributed by atoms with van der Waals surface area (Å²) >= 11 is 1.37. The number of nitrogens with one attached hydrogen (secondary N) is 1. The molecule has 1 amide bonds. The molecule has 0 spiro atoms. The molecule has 0 bridgehead atoms. The van der Waals surface area contributed by atoms with Gasteiger partial charge >= 0.3 is 0 Å². The molecule has 1 N–H and O–H groups in total. The van der Waals surface area contributed by atoms with Crippen LogP contribution in [-0.2, 0) is 14.6 Å². The van der Waals surface area contributed by atoms with Crippen molar-refractivity contribution < 1.29 is 17.6 Å². The molecule has 0 aliphatic carbocycles. The van der Waals surface area contributed by atoms with Gasteiger partial charge in [0.2, 0.25) is 5.91 Å². The van der Waals surface area contributed by atoms with Crippen molar-refractivity contribution in [3.8, 4) is 0 Å². The number of benzene rings is 2. The highest BCUT2D eigenvalue weighted by atomic mass is 32.2. The van der Waals surface area contributed by atoms with Crippen LogP contribution in [0.25, 0.3) is 6.08 Å². The van der Waals surface area contributed by atoms with Crippen molar-refractivity contribution in [3.05, 3.63) is 59.9 Å². The van der Waals surface area contributed by atoms with Crippen molar-refractivity contribution >= 4 is 39.3 Å². The second-order valence-electron chi connectivity index (χ2n) is 5.88. The van der Waals surface area contributed by atoms with Crippen LogP contribution < -0.4 is 10.2 Å². The molecule has 1 aliphatic heterocycles. The highest BCUT2D eigenvalue weighted by Crippen LogP contribution is 2.42. The average molecular weight is 392 g/mol. The molecule has 0 fully saturated rings. The lowest BCUT2D eigenvalue weighted by Gasteiger charge is -2.21. The van der Waals surface area contributed by atoms with Gasteiger partial charge in [-0.1, -0.05) is 23.9 Å². The Morgan fingerprint density at radius 2 is 1.92 bits per heavy atom. The summed E-state index contributed by atoms with van der Waals surface area (Å²) in [5.41, 5.74) is 1.23. The quantitative estimate of drug-likeness (QED) is 0.811. The van der Waals surface area contributed by atoms with Crippen molar-refractivity contribution in [3.63, 3.8) is 0 Å². The van der Waals surface area contributed by atoms with Gasteiger partial charge in [-0.25, -0.2) is 12.8 Å². The number of halogens is 1.